The Hall–Kier alpha value is -5.94. The third kappa shape index (κ3) is 4.39. The number of anilines is 5. The van der Waals surface area contributed by atoms with E-state index >= 15 is 0 Å². The van der Waals surface area contributed by atoms with Gasteiger partial charge in [0.05, 0.1) is 16.7 Å². The van der Waals surface area contributed by atoms with E-state index in [1.165, 1.54) is 38.6 Å². The maximum absolute atomic E-state index is 4.86. The lowest BCUT2D eigenvalue weighted by Crippen LogP contribution is -2.27. The number of hydrogen-bond donors (Lipinski definition) is 0. The summed E-state index contributed by atoms with van der Waals surface area (Å²) in [5.41, 5.74) is 10.5. The van der Waals surface area contributed by atoms with Gasteiger partial charge in [-0.25, -0.2) is 9.97 Å². The van der Waals surface area contributed by atoms with Crippen LogP contribution in [0.3, 0.4) is 0 Å². The summed E-state index contributed by atoms with van der Waals surface area (Å²) in [6, 6.07) is 43.2. The molecule has 9 rings (SSSR count). The first-order valence-electron chi connectivity index (χ1n) is 16.7. The van der Waals surface area contributed by atoms with Crippen LogP contribution in [0.4, 0.5) is 28.7 Å². The van der Waals surface area contributed by atoms with Crippen molar-refractivity contribution in [3.05, 3.63) is 169 Å². The molecule has 232 valence electrons. The van der Waals surface area contributed by atoms with Crippen molar-refractivity contribution < 1.29 is 0 Å². The van der Waals surface area contributed by atoms with Crippen molar-refractivity contribution in [2.24, 2.45) is 0 Å². The topological polar surface area (TPSA) is 37.2 Å². The van der Waals surface area contributed by atoms with E-state index in [9.17, 15) is 0 Å². The fraction of sp³-hybridized carbons (Fsp3) is 0.116. The lowest BCUT2D eigenvalue weighted by Gasteiger charge is -2.36. The molecule has 0 unspecified atom stereocenters. The number of fused-ring (bicyclic) bond motifs is 5. The molecule has 4 heterocycles. The summed E-state index contributed by atoms with van der Waals surface area (Å²) in [4.78, 5) is 14.2. The lowest BCUT2D eigenvalue weighted by atomic mass is 9.74. The SMILES string of the molecule is CC1(C)c2ccccc2-n2c3ccc(N(c4ccccc4)c4ccccn4)cc3c3cc(N(C4=CCCC=C4)c4ccccn4)cc1c32. The van der Waals surface area contributed by atoms with Gasteiger partial charge in [0.15, 0.2) is 0 Å². The van der Waals surface area contributed by atoms with Crippen LogP contribution in [-0.4, -0.2) is 14.5 Å². The van der Waals surface area contributed by atoms with E-state index in [4.69, 9.17) is 9.97 Å². The molecule has 0 bridgehead atoms. The van der Waals surface area contributed by atoms with Crippen molar-refractivity contribution in [1.82, 2.24) is 14.5 Å². The molecule has 2 aliphatic rings. The lowest BCUT2D eigenvalue weighted by molar-refractivity contribution is 0.630. The van der Waals surface area contributed by atoms with Crippen molar-refractivity contribution in [3.8, 4) is 5.69 Å². The van der Waals surface area contributed by atoms with Gasteiger partial charge in [-0.2, -0.15) is 0 Å². The first kappa shape index (κ1) is 28.3. The highest BCUT2D eigenvalue weighted by Crippen LogP contribution is 2.50. The number of pyridine rings is 2. The summed E-state index contributed by atoms with van der Waals surface area (Å²) in [5.74, 6) is 1.78. The predicted octanol–water partition coefficient (Wildman–Crippen LogP) is 11.1. The van der Waals surface area contributed by atoms with Gasteiger partial charge in [-0.15, -0.1) is 0 Å². The van der Waals surface area contributed by atoms with Crippen molar-refractivity contribution in [3.63, 3.8) is 0 Å². The molecule has 0 radical (unpaired) electrons. The summed E-state index contributed by atoms with van der Waals surface area (Å²) in [7, 11) is 0. The molecule has 1 aliphatic carbocycles. The summed E-state index contributed by atoms with van der Waals surface area (Å²) in [6.07, 6.45) is 12.6. The van der Waals surface area contributed by atoms with E-state index in [1.54, 1.807) is 0 Å². The third-order valence-electron chi connectivity index (χ3n) is 9.84. The highest BCUT2D eigenvalue weighted by atomic mass is 15.2. The van der Waals surface area contributed by atoms with Crippen LogP contribution in [0.25, 0.3) is 27.5 Å². The van der Waals surface area contributed by atoms with Crippen LogP contribution in [0.5, 0.6) is 0 Å². The van der Waals surface area contributed by atoms with E-state index in [2.05, 4.69) is 150 Å². The summed E-state index contributed by atoms with van der Waals surface area (Å²) < 4.78 is 2.48. The number of nitrogens with zero attached hydrogens (tertiary/aromatic N) is 5. The first-order chi connectivity index (χ1) is 23.6. The number of allylic oxidation sites excluding steroid dienone is 3. The summed E-state index contributed by atoms with van der Waals surface area (Å²) in [5, 5.41) is 2.42. The normalized spacial score (nSPS) is 14.5. The molecule has 48 heavy (non-hydrogen) atoms. The Kier molecular flexibility index (Phi) is 6.54. The van der Waals surface area contributed by atoms with Gasteiger partial charge in [-0.05, 0) is 103 Å². The molecule has 0 saturated carbocycles. The van der Waals surface area contributed by atoms with Gasteiger partial charge < -0.3 is 4.57 Å². The van der Waals surface area contributed by atoms with Crippen LogP contribution in [0.2, 0.25) is 0 Å². The molecule has 0 saturated heterocycles. The van der Waals surface area contributed by atoms with Crippen LogP contribution in [0.1, 0.15) is 37.8 Å². The third-order valence-corrected chi connectivity index (χ3v) is 9.84. The van der Waals surface area contributed by atoms with E-state index < -0.39 is 0 Å². The quantitative estimate of drug-likeness (QED) is 0.185. The average Bonchev–Trinajstić information content (AvgIpc) is 3.46. The van der Waals surface area contributed by atoms with Gasteiger partial charge in [-0.3, -0.25) is 9.80 Å². The fourth-order valence-electron chi connectivity index (χ4n) is 7.60. The number of benzene rings is 4. The Morgan fingerprint density at radius 2 is 1.31 bits per heavy atom. The standard InChI is InChI=1S/C43H35N5/c1-43(2)36-19-9-10-20-39(36)48-38-24-23-32(46(30-15-5-3-6-16-30)40-21-11-13-25-44-40)27-34(38)35-28-33(29-37(43)42(35)48)47(31-17-7-4-8-18-31)41-22-12-14-26-45-41/h3,5-7,9-29H,4,8H2,1-2H3. The zero-order chi connectivity index (χ0) is 32.2. The number of para-hydroxylation sites is 2. The van der Waals surface area contributed by atoms with Crippen LogP contribution in [0.15, 0.2) is 158 Å². The summed E-state index contributed by atoms with van der Waals surface area (Å²) >= 11 is 0. The van der Waals surface area contributed by atoms with Crippen LogP contribution in [0, 0.1) is 0 Å². The number of rotatable bonds is 6. The molecular formula is C43H35N5. The zero-order valence-corrected chi connectivity index (χ0v) is 27.1. The largest absolute Gasteiger partial charge is 0.309 e. The molecule has 5 nitrogen and oxygen atoms in total. The average molecular weight is 622 g/mol. The highest BCUT2D eigenvalue weighted by Gasteiger charge is 2.36. The van der Waals surface area contributed by atoms with Crippen molar-refractivity contribution >= 4 is 50.5 Å². The minimum absolute atomic E-state index is 0.228. The van der Waals surface area contributed by atoms with E-state index in [0.29, 0.717) is 0 Å². The van der Waals surface area contributed by atoms with Crippen LogP contribution < -0.4 is 9.80 Å². The van der Waals surface area contributed by atoms with Gasteiger partial charge in [0.2, 0.25) is 0 Å². The van der Waals surface area contributed by atoms with E-state index in [-0.39, 0.29) is 5.41 Å². The maximum Gasteiger partial charge on any atom is 0.137 e. The van der Waals surface area contributed by atoms with Gasteiger partial charge in [0.25, 0.3) is 0 Å². The highest BCUT2D eigenvalue weighted by molar-refractivity contribution is 6.14. The zero-order valence-electron chi connectivity index (χ0n) is 27.1. The fourth-order valence-corrected chi connectivity index (χ4v) is 7.60. The molecule has 0 atom stereocenters. The minimum atomic E-state index is -0.228. The maximum atomic E-state index is 4.86. The molecule has 0 fully saturated rings. The Labute approximate surface area is 280 Å². The number of hydrogen-bond acceptors (Lipinski definition) is 4. The molecule has 1 aliphatic heterocycles. The van der Waals surface area contributed by atoms with E-state index in [1.807, 2.05) is 30.6 Å². The second-order valence-electron chi connectivity index (χ2n) is 13.1. The second-order valence-corrected chi connectivity index (χ2v) is 13.1. The van der Waals surface area contributed by atoms with Crippen molar-refractivity contribution in [1.29, 1.82) is 0 Å². The van der Waals surface area contributed by atoms with Gasteiger partial charge in [0.1, 0.15) is 11.6 Å². The molecule has 7 aromatic rings. The smallest absolute Gasteiger partial charge is 0.137 e. The molecule has 0 amide bonds. The molecular weight excluding hydrogens is 587 g/mol. The van der Waals surface area contributed by atoms with Crippen LogP contribution in [-0.2, 0) is 5.41 Å². The summed E-state index contributed by atoms with van der Waals surface area (Å²) in [6.45, 7) is 4.72. The van der Waals surface area contributed by atoms with E-state index in [0.717, 1.165) is 47.2 Å². The Morgan fingerprint density at radius 3 is 2.04 bits per heavy atom. The van der Waals surface area contributed by atoms with Gasteiger partial charge >= 0.3 is 0 Å². The van der Waals surface area contributed by atoms with Gasteiger partial charge in [-0.1, -0.05) is 74.5 Å². The number of aromatic nitrogens is 3. The van der Waals surface area contributed by atoms with Crippen molar-refractivity contribution in [2.45, 2.75) is 32.1 Å². The monoisotopic (exact) mass is 621 g/mol. The second kappa shape index (κ2) is 11.1. The Bertz CT molecular complexity index is 2330. The minimum Gasteiger partial charge on any atom is -0.309 e. The first-order valence-corrected chi connectivity index (χ1v) is 16.7. The van der Waals surface area contributed by atoms with Gasteiger partial charge in [0, 0.05) is 51.3 Å². The predicted molar refractivity (Wildman–Crippen MR) is 198 cm³/mol. The Morgan fingerprint density at radius 1 is 0.604 bits per heavy atom. The molecule has 3 aromatic heterocycles. The molecule has 4 aromatic carbocycles. The molecule has 5 heteroatoms. The van der Waals surface area contributed by atoms with Crippen molar-refractivity contribution in [2.75, 3.05) is 9.80 Å². The molecule has 0 spiro atoms. The Balaban J connectivity index is 1.37. The molecule has 0 N–H and O–H groups in total. The van der Waals surface area contributed by atoms with Crippen LogP contribution >= 0.6 is 0 Å².